The van der Waals surface area contributed by atoms with Crippen molar-refractivity contribution < 1.29 is 14.6 Å². The van der Waals surface area contributed by atoms with E-state index in [4.69, 9.17) is 4.74 Å². The molecule has 2 rings (SSSR count). The van der Waals surface area contributed by atoms with Crippen LogP contribution in [0.4, 0.5) is 0 Å². The first-order valence-electron chi connectivity index (χ1n) is 7.93. The van der Waals surface area contributed by atoms with E-state index in [2.05, 4.69) is 19.9 Å². The Morgan fingerprint density at radius 3 is 2.43 bits per heavy atom. The van der Waals surface area contributed by atoms with Gasteiger partial charge in [-0.3, -0.25) is 0 Å². The Bertz CT molecular complexity index is 689. The van der Waals surface area contributed by atoms with Crippen LogP contribution in [0.15, 0.2) is 42.5 Å². The van der Waals surface area contributed by atoms with Gasteiger partial charge in [0.2, 0.25) is 0 Å². The maximum absolute atomic E-state index is 11.6. The van der Waals surface area contributed by atoms with Crippen LogP contribution in [0.2, 0.25) is 0 Å². The van der Waals surface area contributed by atoms with Crippen LogP contribution < -0.4 is 4.74 Å². The topological polar surface area (TPSA) is 46.5 Å². The number of carbonyl (C=O) groups is 1. The monoisotopic (exact) mass is 312 g/mol. The molecule has 122 valence electrons. The van der Waals surface area contributed by atoms with Gasteiger partial charge in [0.1, 0.15) is 5.75 Å². The Morgan fingerprint density at radius 1 is 1.13 bits per heavy atom. The minimum Gasteiger partial charge on any atom is -0.478 e. The second kappa shape index (κ2) is 7.32. The number of hydrogen-bond donors (Lipinski definition) is 1. The molecule has 3 heteroatoms. The lowest BCUT2D eigenvalue weighted by Crippen LogP contribution is -2.30. The molecular weight excluding hydrogens is 288 g/mol. The molecular formula is C20H24O3. The normalized spacial score (nSPS) is 12.2. The van der Waals surface area contributed by atoms with Gasteiger partial charge < -0.3 is 9.84 Å². The van der Waals surface area contributed by atoms with E-state index < -0.39 is 12.1 Å². The third-order valence-electron chi connectivity index (χ3n) is 3.99. The predicted octanol–water partition coefficient (Wildman–Crippen LogP) is 4.50. The van der Waals surface area contributed by atoms with Gasteiger partial charge in [-0.25, -0.2) is 4.79 Å². The molecule has 0 aliphatic carbocycles. The van der Waals surface area contributed by atoms with Gasteiger partial charge in [0.25, 0.3) is 0 Å². The lowest BCUT2D eigenvalue weighted by atomic mass is 9.99. The number of carboxylic acid groups (broad SMARTS) is 1. The standard InChI is InChI=1S/C20H24O3/c1-13(2)17-7-5-6-8-18(17)23-19(20(21)22)12-16-10-9-14(3)11-15(16)4/h5-11,13,19H,12H2,1-4H3,(H,21,22). The highest BCUT2D eigenvalue weighted by Gasteiger charge is 2.22. The van der Waals surface area contributed by atoms with Gasteiger partial charge in [0, 0.05) is 6.42 Å². The zero-order valence-corrected chi connectivity index (χ0v) is 14.2. The Morgan fingerprint density at radius 2 is 1.83 bits per heavy atom. The summed E-state index contributed by atoms with van der Waals surface area (Å²) in [5.74, 6) is -0.00930. The van der Waals surface area contributed by atoms with E-state index in [1.54, 1.807) is 0 Å². The number of carboxylic acids is 1. The van der Waals surface area contributed by atoms with Crippen LogP contribution in [0.5, 0.6) is 5.75 Å². The van der Waals surface area contributed by atoms with Crippen molar-refractivity contribution >= 4 is 5.97 Å². The van der Waals surface area contributed by atoms with Crippen molar-refractivity contribution in [1.82, 2.24) is 0 Å². The maximum Gasteiger partial charge on any atom is 0.345 e. The molecule has 0 aromatic heterocycles. The number of rotatable bonds is 6. The number of aryl methyl sites for hydroxylation is 2. The molecule has 0 bridgehead atoms. The Balaban J connectivity index is 2.25. The van der Waals surface area contributed by atoms with E-state index in [0.717, 1.165) is 16.7 Å². The van der Waals surface area contributed by atoms with Crippen molar-refractivity contribution in [3.63, 3.8) is 0 Å². The Labute approximate surface area is 137 Å². The summed E-state index contributed by atoms with van der Waals surface area (Å²) in [5.41, 5.74) is 4.30. The lowest BCUT2D eigenvalue weighted by Gasteiger charge is -2.20. The Kier molecular flexibility index (Phi) is 5.43. The number of aliphatic carboxylic acids is 1. The van der Waals surface area contributed by atoms with Crippen molar-refractivity contribution in [3.8, 4) is 5.75 Å². The van der Waals surface area contributed by atoms with E-state index in [1.165, 1.54) is 5.56 Å². The molecule has 2 aromatic rings. The van der Waals surface area contributed by atoms with Crippen molar-refractivity contribution in [2.24, 2.45) is 0 Å². The van der Waals surface area contributed by atoms with Crippen LogP contribution in [0.1, 0.15) is 42.0 Å². The number of hydrogen-bond acceptors (Lipinski definition) is 2. The molecule has 3 nitrogen and oxygen atoms in total. The summed E-state index contributed by atoms with van der Waals surface area (Å²) in [5, 5.41) is 9.55. The van der Waals surface area contributed by atoms with Crippen molar-refractivity contribution in [3.05, 3.63) is 64.7 Å². The van der Waals surface area contributed by atoms with Gasteiger partial charge in [-0.2, -0.15) is 0 Å². The average Bonchev–Trinajstić information content (AvgIpc) is 2.49. The summed E-state index contributed by atoms with van der Waals surface area (Å²) in [4.78, 5) is 11.6. The lowest BCUT2D eigenvalue weighted by molar-refractivity contribution is -0.145. The van der Waals surface area contributed by atoms with Crippen LogP contribution >= 0.6 is 0 Å². The molecule has 0 radical (unpaired) electrons. The molecule has 0 fully saturated rings. The summed E-state index contributed by atoms with van der Waals surface area (Å²) < 4.78 is 5.86. The van der Waals surface area contributed by atoms with Crippen molar-refractivity contribution in [2.45, 2.75) is 46.1 Å². The van der Waals surface area contributed by atoms with Gasteiger partial charge >= 0.3 is 5.97 Å². The second-order valence-corrected chi connectivity index (χ2v) is 6.27. The average molecular weight is 312 g/mol. The molecule has 1 atom stereocenters. The Hall–Kier alpha value is -2.29. The SMILES string of the molecule is Cc1ccc(CC(Oc2ccccc2C(C)C)C(=O)O)c(C)c1. The zero-order chi connectivity index (χ0) is 17.0. The number of para-hydroxylation sites is 1. The third kappa shape index (κ3) is 4.35. The minimum absolute atomic E-state index is 0.279. The third-order valence-corrected chi connectivity index (χ3v) is 3.99. The fraction of sp³-hybridized carbons (Fsp3) is 0.350. The van der Waals surface area contributed by atoms with Crippen LogP contribution in [0, 0.1) is 13.8 Å². The summed E-state index contributed by atoms with van der Waals surface area (Å²) >= 11 is 0. The van der Waals surface area contributed by atoms with E-state index in [-0.39, 0.29) is 5.92 Å². The molecule has 23 heavy (non-hydrogen) atoms. The fourth-order valence-electron chi connectivity index (χ4n) is 2.67. The summed E-state index contributed by atoms with van der Waals surface area (Å²) in [7, 11) is 0. The van der Waals surface area contributed by atoms with E-state index in [0.29, 0.717) is 12.2 Å². The van der Waals surface area contributed by atoms with Crippen molar-refractivity contribution in [2.75, 3.05) is 0 Å². The first kappa shape index (κ1) is 17.1. The smallest absolute Gasteiger partial charge is 0.345 e. The van der Waals surface area contributed by atoms with Gasteiger partial charge in [-0.05, 0) is 42.5 Å². The van der Waals surface area contributed by atoms with Gasteiger partial charge in [0.05, 0.1) is 0 Å². The molecule has 0 amide bonds. The molecule has 2 aromatic carbocycles. The summed E-state index contributed by atoms with van der Waals surface area (Å²) in [6.07, 6.45) is -0.537. The van der Waals surface area contributed by atoms with Crippen molar-refractivity contribution in [1.29, 1.82) is 0 Å². The second-order valence-electron chi connectivity index (χ2n) is 6.27. The largest absolute Gasteiger partial charge is 0.478 e. The highest BCUT2D eigenvalue weighted by molar-refractivity contribution is 5.73. The van der Waals surface area contributed by atoms with Crippen LogP contribution in [-0.4, -0.2) is 17.2 Å². The first-order valence-corrected chi connectivity index (χ1v) is 7.93. The summed E-state index contributed by atoms with van der Waals surface area (Å²) in [6.45, 7) is 8.17. The molecule has 0 spiro atoms. The fourth-order valence-corrected chi connectivity index (χ4v) is 2.67. The highest BCUT2D eigenvalue weighted by Crippen LogP contribution is 2.27. The molecule has 0 aliphatic rings. The van der Waals surface area contributed by atoms with E-state index in [9.17, 15) is 9.90 Å². The van der Waals surface area contributed by atoms with Gasteiger partial charge in [-0.15, -0.1) is 0 Å². The van der Waals surface area contributed by atoms with Crippen LogP contribution in [0.25, 0.3) is 0 Å². The minimum atomic E-state index is -0.941. The van der Waals surface area contributed by atoms with Gasteiger partial charge in [-0.1, -0.05) is 55.8 Å². The first-order chi connectivity index (χ1) is 10.9. The number of ether oxygens (including phenoxy) is 1. The highest BCUT2D eigenvalue weighted by atomic mass is 16.5. The summed E-state index contributed by atoms with van der Waals surface area (Å²) in [6, 6.07) is 13.7. The predicted molar refractivity (Wildman–Crippen MR) is 92.2 cm³/mol. The molecule has 0 saturated carbocycles. The molecule has 0 aliphatic heterocycles. The zero-order valence-electron chi connectivity index (χ0n) is 14.2. The molecule has 0 heterocycles. The van der Waals surface area contributed by atoms with Crippen LogP contribution in [-0.2, 0) is 11.2 Å². The van der Waals surface area contributed by atoms with Gasteiger partial charge in [0.15, 0.2) is 6.10 Å². The maximum atomic E-state index is 11.6. The number of benzene rings is 2. The van der Waals surface area contributed by atoms with E-state index >= 15 is 0 Å². The molecule has 0 saturated heterocycles. The van der Waals surface area contributed by atoms with Crippen LogP contribution in [0.3, 0.4) is 0 Å². The quantitative estimate of drug-likeness (QED) is 0.854. The van der Waals surface area contributed by atoms with E-state index in [1.807, 2.05) is 50.2 Å². The molecule has 1 unspecified atom stereocenters. The molecule has 1 N–H and O–H groups in total.